The molecule has 0 unspecified atom stereocenters. The first kappa shape index (κ1) is 18.0. The fraction of sp³-hybridized carbons (Fsp3) is 0.474. The first-order valence-electron chi connectivity index (χ1n) is 8.57. The average Bonchev–Trinajstić information content (AvgIpc) is 2.62. The fourth-order valence-corrected chi connectivity index (χ4v) is 3.59. The second kappa shape index (κ2) is 7.62. The Labute approximate surface area is 145 Å². The van der Waals surface area contributed by atoms with E-state index in [0.29, 0.717) is 0 Å². The molecule has 0 aliphatic carbocycles. The molecular weight excluding hydrogens is 329 g/mol. The molecule has 0 amide bonds. The molecule has 2 aromatic rings. The topological polar surface area (TPSA) is 24.5 Å². The van der Waals surface area contributed by atoms with Gasteiger partial charge in [0.2, 0.25) is 0 Å². The Morgan fingerprint density at radius 2 is 1.76 bits per heavy atom. The molecule has 1 saturated heterocycles. The summed E-state index contributed by atoms with van der Waals surface area (Å²) in [4.78, 5) is 2.16. The van der Waals surface area contributed by atoms with Gasteiger partial charge < -0.3 is 10.1 Å². The van der Waals surface area contributed by atoms with E-state index in [4.69, 9.17) is 4.74 Å². The first-order chi connectivity index (χ1) is 12.0. The van der Waals surface area contributed by atoms with Gasteiger partial charge in [0.05, 0.1) is 7.11 Å². The monoisotopic (exact) mass is 352 g/mol. The largest absolute Gasteiger partial charge is 0.496 e. The van der Waals surface area contributed by atoms with E-state index in [-0.39, 0.29) is 12.5 Å². The lowest BCUT2D eigenvalue weighted by atomic mass is 9.93. The molecule has 2 aromatic carbocycles. The number of hydrogen-bond acceptors (Lipinski definition) is 3. The van der Waals surface area contributed by atoms with Crippen LogP contribution in [-0.2, 0) is 0 Å². The van der Waals surface area contributed by atoms with Crippen molar-refractivity contribution in [3.8, 4) is 5.75 Å². The zero-order chi connectivity index (χ0) is 17.9. The van der Waals surface area contributed by atoms with Gasteiger partial charge in [-0.25, -0.2) is 0 Å². The maximum Gasteiger partial charge on any atom is 0.389 e. The van der Waals surface area contributed by atoms with Gasteiger partial charge in [-0.05, 0) is 23.4 Å². The molecule has 136 valence electrons. The van der Waals surface area contributed by atoms with Gasteiger partial charge in [0, 0.05) is 44.0 Å². The van der Waals surface area contributed by atoms with Gasteiger partial charge in [0.25, 0.3) is 0 Å². The van der Waals surface area contributed by atoms with Crippen LogP contribution in [0.2, 0.25) is 0 Å². The van der Waals surface area contributed by atoms with Crippen LogP contribution in [0.4, 0.5) is 13.2 Å². The molecule has 3 rings (SSSR count). The van der Waals surface area contributed by atoms with Crippen molar-refractivity contribution in [2.75, 3.05) is 33.3 Å². The van der Waals surface area contributed by atoms with Gasteiger partial charge in [-0.3, -0.25) is 4.90 Å². The van der Waals surface area contributed by atoms with Crippen LogP contribution in [0, 0.1) is 0 Å². The van der Waals surface area contributed by atoms with Crippen LogP contribution in [-0.4, -0.2) is 44.4 Å². The number of ether oxygens (including phenoxy) is 1. The molecule has 1 heterocycles. The average molecular weight is 352 g/mol. The Balaban J connectivity index is 2.01. The van der Waals surface area contributed by atoms with Gasteiger partial charge in [-0.15, -0.1) is 0 Å². The third-order valence-electron chi connectivity index (χ3n) is 4.79. The van der Waals surface area contributed by atoms with Crippen LogP contribution in [0.3, 0.4) is 0 Å². The number of halogens is 3. The summed E-state index contributed by atoms with van der Waals surface area (Å²) in [7, 11) is 1.61. The predicted octanol–water partition coefficient (Wildman–Crippen LogP) is 4.14. The van der Waals surface area contributed by atoms with E-state index in [2.05, 4.69) is 10.2 Å². The zero-order valence-corrected chi connectivity index (χ0v) is 14.3. The molecule has 1 fully saturated rings. The zero-order valence-electron chi connectivity index (χ0n) is 14.3. The number of fused-ring (bicyclic) bond motifs is 1. The van der Waals surface area contributed by atoms with Crippen molar-refractivity contribution < 1.29 is 17.9 Å². The molecule has 0 spiro atoms. The molecule has 3 nitrogen and oxygen atoms in total. The minimum absolute atomic E-state index is 0.0693. The van der Waals surface area contributed by atoms with E-state index in [1.54, 1.807) is 7.11 Å². The lowest BCUT2D eigenvalue weighted by Gasteiger charge is -2.36. The second-order valence-corrected chi connectivity index (χ2v) is 6.36. The summed E-state index contributed by atoms with van der Waals surface area (Å²) in [5, 5.41) is 5.17. The summed E-state index contributed by atoms with van der Waals surface area (Å²) in [5.74, 6) is 0.745. The van der Waals surface area contributed by atoms with Gasteiger partial charge >= 0.3 is 6.18 Å². The smallest absolute Gasteiger partial charge is 0.389 e. The third kappa shape index (κ3) is 4.25. The highest BCUT2D eigenvalue weighted by Gasteiger charge is 2.32. The number of piperazine rings is 1. The van der Waals surface area contributed by atoms with Crippen LogP contribution in [0.15, 0.2) is 36.4 Å². The van der Waals surface area contributed by atoms with E-state index in [0.717, 1.165) is 48.3 Å². The maximum atomic E-state index is 12.9. The molecule has 0 aromatic heterocycles. The summed E-state index contributed by atoms with van der Waals surface area (Å²) in [6, 6.07) is 11.3. The van der Waals surface area contributed by atoms with E-state index in [9.17, 15) is 13.2 Å². The molecular formula is C19H23F3N2O. The number of alkyl halides is 3. The third-order valence-corrected chi connectivity index (χ3v) is 4.79. The molecule has 0 bridgehead atoms. The minimum Gasteiger partial charge on any atom is -0.496 e. The van der Waals surface area contributed by atoms with E-state index >= 15 is 0 Å². The Hall–Kier alpha value is -1.79. The fourth-order valence-electron chi connectivity index (χ4n) is 3.59. The first-order valence-corrected chi connectivity index (χ1v) is 8.57. The lowest BCUT2D eigenvalue weighted by Crippen LogP contribution is -2.45. The van der Waals surface area contributed by atoms with Crippen molar-refractivity contribution >= 4 is 10.8 Å². The number of methoxy groups -OCH3 is 1. The van der Waals surface area contributed by atoms with Crippen molar-refractivity contribution in [1.82, 2.24) is 10.2 Å². The minimum atomic E-state index is -4.14. The number of nitrogens with one attached hydrogen (secondary N) is 1. The number of hydrogen-bond donors (Lipinski definition) is 1. The molecule has 1 aliphatic heterocycles. The van der Waals surface area contributed by atoms with Gasteiger partial charge in [0.15, 0.2) is 0 Å². The molecule has 0 saturated carbocycles. The number of rotatable bonds is 5. The quantitative estimate of drug-likeness (QED) is 0.875. The standard InChI is InChI=1S/C19H23F3N2O/c1-25-18-7-6-15(14-4-2-3-5-16(14)18)17(8-9-19(20,21)22)24-12-10-23-11-13-24/h2-7,17,23H,8-13H2,1H3/t17-/m1/s1. The normalized spacial score (nSPS) is 17.6. The lowest BCUT2D eigenvalue weighted by molar-refractivity contribution is -0.138. The molecule has 25 heavy (non-hydrogen) atoms. The highest BCUT2D eigenvalue weighted by molar-refractivity contribution is 5.91. The summed E-state index contributed by atoms with van der Waals surface area (Å²) in [6.07, 6.45) is -4.85. The van der Waals surface area contributed by atoms with Crippen LogP contribution >= 0.6 is 0 Å². The number of nitrogens with zero attached hydrogens (tertiary/aromatic N) is 1. The Kier molecular flexibility index (Phi) is 5.49. The summed E-state index contributed by atoms with van der Waals surface area (Å²) >= 11 is 0. The SMILES string of the molecule is COc1ccc([C@@H](CCC(F)(F)F)N2CCNCC2)c2ccccc12. The molecule has 1 atom stereocenters. The van der Waals surface area contributed by atoms with Crippen molar-refractivity contribution in [3.63, 3.8) is 0 Å². The Bertz CT molecular complexity index is 711. The Morgan fingerprint density at radius 3 is 2.40 bits per heavy atom. The van der Waals surface area contributed by atoms with E-state index in [1.165, 1.54) is 0 Å². The number of benzene rings is 2. The van der Waals surface area contributed by atoms with Crippen LogP contribution in [0.25, 0.3) is 10.8 Å². The highest BCUT2D eigenvalue weighted by atomic mass is 19.4. The summed E-state index contributed by atoms with van der Waals surface area (Å²) in [5.41, 5.74) is 0.947. The van der Waals surface area contributed by atoms with Gasteiger partial charge in [0.1, 0.15) is 5.75 Å². The van der Waals surface area contributed by atoms with Crippen LogP contribution in [0.1, 0.15) is 24.4 Å². The summed E-state index contributed by atoms with van der Waals surface area (Å²) < 4.78 is 44.1. The van der Waals surface area contributed by atoms with E-state index in [1.807, 2.05) is 36.4 Å². The molecule has 1 N–H and O–H groups in total. The van der Waals surface area contributed by atoms with Gasteiger partial charge in [-0.1, -0.05) is 30.3 Å². The highest BCUT2D eigenvalue weighted by Crippen LogP contribution is 2.37. The van der Waals surface area contributed by atoms with Crippen LogP contribution in [0.5, 0.6) is 5.75 Å². The van der Waals surface area contributed by atoms with E-state index < -0.39 is 12.6 Å². The Morgan fingerprint density at radius 1 is 1.08 bits per heavy atom. The van der Waals surface area contributed by atoms with Crippen molar-refractivity contribution in [1.29, 1.82) is 0 Å². The predicted molar refractivity (Wildman–Crippen MR) is 93.0 cm³/mol. The van der Waals surface area contributed by atoms with Crippen molar-refractivity contribution in [3.05, 3.63) is 42.0 Å². The maximum absolute atomic E-state index is 12.9. The van der Waals surface area contributed by atoms with Crippen molar-refractivity contribution in [2.45, 2.75) is 25.1 Å². The van der Waals surface area contributed by atoms with Gasteiger partial charge in [-0.2, -0.15) is 13.2 Å². The molecule has 1 aliphatic rings. The second-order valence-electron chi connectivity index (χ2n) is 6.36. The summed E-state index contributed by atoms with van der Waals surface area (Å²) in [6.45, 7) is 3.11. The molecule has 0 radical (unpaired) electrons. The molecule has 6 heteroatoms. The van der Waals surface area contributed by atoms with Crippen molar-refractivity contribution in [2.24, 2.45) is 0 Å². The van der Waals surface area contributed by atoms with Crippen LogP contribution < -0.4 is 10.1 Å².